The third-order valence-electron chi connectivity index (χ3n) is 4.43. The Morgan fingerprint density at radius 1 is 1.13 bits per heavy atom. The molecule has 0 bridgehead atoms. The smallest absolute Gasteiger partial charge is 0.281 e. The van der Waals surface area contributed by atoms with Gasteiger partial charge in [0.05, 0.1) is 0 Å². The highest BCUT2D eigenvalue weighted by Crippen LogP contribution is 2.20. The summed E-state index contributed by atoms with van der Waals surface area (Å²) in [5, 5.41) is 0. The van der Waals surface area contributed by atoms with Crippen molar-refractivity contribution in [1.29, 1.82) is 0 Å². The van der Waals surface area contributed by atoms with Crippen molar-refractivity contribution >= 4 is 10.2 Å². The van der Waals surface area contributed by atoms with Crippen LogP contribution in [-0.2, 0) is 16.6 Å². The quantitative estimate of drug-likeness (QED) is 0.815. The zero-order chi connectivity index (χ0) is 17.2. The molecule has 1 aromatic rings. The Hall–Kier alpha value is -1.02. The lowest BCUT2D eigenvalue weighted by Gasteiger charge is -2.44. The van der Waals surface area contributed by atoms with Crippen LogP contribution in [0.5, 0.6) is 0 Å². The van der Waals surface area contributed by atoms with Crippen molar-refractivity contribution in [3.05, 3.63) is 35.6 Å². The Bertz CT molecular complexity index is 607. The molecule has 2 unspecified atom stereocenters. The van der Waals surface area contributed by atoms with Crippen LogP contribution < -0.4 is 0 Å². The Kier molecular flexibility index (Phi) is 5.78. The van der Waals surface area contributed by atoms with E-state index in [-0.39, 0.29) is 17.9 Å². The maximum Gasteiger partial charge on any atom is 0.281 e. The van der Waals surface area contributed by atoms with Crippen LogP contribution in [0.1, 0.15) is 19.4 Å². The summed E-state index contributed by atoms with van der Waals surface area (Å²) < 4.78 is 40.4. The molecule has 1 aliphatic rings. The molecule has 1 aromatic carbocycles. The van der Waals surface area contributed by atoms with E-state index in [9.17, 15) is 12.8 Å². The molecule has 0 aromatic heterocycles. The summed E-state index contributed by atoms with van der Waals surface area (Å²) in [4.78, 5) is 2.32. The summed E-state index contributed by atoms with van der Waals surface area (Å²) in [6.45, 7) is 5.93. The third-order valence-corrected chi connectivity index (χ3v) is 6.30. The molecule has 2 atom stereocenters. The predicted molar refractivity (Wildman–Crippen MR) is 89.9 cm³/mol. The van der Waals surface area contributed by atoms with Crippen LogP contribution in [0.2, 0.25) is 0 Å². The Balaban J connectivity index is 1.99. The van der Waals surface area contributed by atoms with E-state index >= 15 is 0 Å². The summed E-state index contributed by atoms with van der Waals surface area (Å²) >= 11 is 0. The van der Waals surface area contributed by atoms with Gasteiger partial charge in [-0.3, -0.25) is 4.90 Å². The molecule has 7 heteroatoms. The highest BCUT2D eigenvalue weighted by molar-refractivity contribution is 7.86. The zero-order valence-electron chi connectivity index (χ0n) is 14.2. The molecule has 1 aliphatic heterocycles. The first-order chi connectivity index (χ1) is 10.7. The highest BCUT2D eigenvalue weighted by atomic mass is 32.2. The SMILES string of the molecule is CC1CN(S(=O)(=O)N(C)C)CC(C)N1CCc1ccc(F)cc1. The van der Waals surface area contributed by atoms with E-state index in [0.29, 0.717) is 13.1 Å². The molecule has 2 rings (SSSR count). The van der Waals surface area contributed by atoms with Crippen LogP contribution in [0.3, 0.4) is 0 Å². The van der Waals surface area contributed by atoms with Gasteiger partial charge in [0.25, 0.3) is 10.2 Å². The molecular formula is C16H26FN3O2S. The van der Waals surface area contributed by atoms with Gasteiger partial charge in [0, 0.05) is 45.8 Å². The second-order valence-electron chi connectivity index (χ2n) is 6.42. The number of benzene rings is 1. The van der Waals surface area contributed by atoms with Crippen molar-refractivity contribution in [2.75, 3.05) is 33.7 Å². The minimum Gasteiger partial charge on any atom is -0.295 e. The molecule has 0 amide bonds. The van der Waals surface area contributed by atoms with Crippen molar-refractivity contribution in [1.82, 2.24) is 13.5 Å². The van der Waals surface area contributed by atoms with Gasteiger partial charge in [0.1, 0.15) is 5.82 Å². The molecule has 5 nitrogen and oxygen atoms in total. The van der Waals surface area contributed by atoms with Crippen molar-refractivity contribution in [2.45, 2.75) is 32.4 Å². The molecule has 0 N–H and O–H groups in total. The maximum absolute atomic E-state index is 12.9. The van der Waals surface area contributed by atoms with Crippen molar-refractivity contribution < 1.29 is 12.8 Å². The first-order valence-electron chi connectivity index (χ1n) is 7.89. The van der Waals surface area contributed by atoms with Gasteiger partial charge < -0.3 is 0 Å². The number of hydrogen-bond acceptors (Lipinski definition) is 3. The third kappa shape index (κ3) is 4.29. The van der Waals surface area contributed by atoms with Gasteiger partial charge in [0.15, 0.2) is 0 Å². The molecule has 130 valence electrons. The highest BCUT2D eigenvalue weighted by Gasteiger charge is 2.35. The minimum atomic E-state index is -3.36. The van der Waals surface area contributed by atoms with Crippen LogP contribution in [0.4, 0.5) is 4.39 Å². The molecule has 0 saturated carbocycles. The summed E-state index contributed by atoms with van der Waals surface area (Å²) in [5.74, 6) is -0.224. The van der Waals surface area contributed by atoms with Crippen molar-refractivity contribution in [3.8, 4) is 0 Å². The molecule has 0 spiro atoms. The van der Waals surface area contributed by atoms with E-state index < -0.39 is 10.2 Å². The van der Waals surface area contributed by atoms with Gasteiger partial charge >= 0.3 is 0 Å². The van der Waals surface area contributed by atoms with E-state index in [0.717, 1.165) is 18.5 Å². The molecular weight excluding hydrogens is 317 g/mol. The van der Waals surface area contributed by atoms with Crippen LogP contribution >= 0.6 is 0 Å². The molecule has 1 heterocycles. The molecule has 1 saturated heterocycles. The van der Waals surface area contributed by atoms with Crippen LogP contribution in [-0.4, -0.2) is 67.7 Å². The fourth-order valence-corrected chi connectivity index (χ4v) is 4.35. The van der Waals surface area contributed by atoms with Gasteiger partial charge in [-0.05, 0) is 38.0 Å². The maximum atomic E-state index is 12.9. The van der Waals surface area contributed by atoms with Crippen molar-refractivity contribution in [2.24, 2.45) is 0 Å². The van der Waals surface area contributed by atoms with Crippen LogP contribution in [0, 0.1) is 5.82 Å². The summed E-state index contributed by atoms with van der Waals surface area (Å²) in [7, 11) is -0.241. The van der Waals surface area contributed by atoms with Gasteiger partial charge in [-0.25, -0.2) is 4.39 Å². The predicted octanol–water partition coefficient (Wildman–Crippen LogP) is 1.57. The average Bonchev–Trinajstić information content (AvgIpc) is 2.47. The van der Waals surface area contributed by atoms with Gasteiger partial charge in [-0.2, -0.15) is 17.0 Å². The van der Waals surface area contributed by atoms with E-state index in [1.807, 2.05) is 0 Å². The second kappa shape index (κ2) is 7.25. The largest absolute Gasteiger partial charge is 0.295 e. The summed E-state index contributed by atoms with van der Waals surface area (Å²) in [6.07, 6.45) is 0.829. The fourth-order valence-electron chi connectivity index (χ4n) is 3.08. The van der Waals surface area contributed by atoms with E-state index in [1.165, 1.54) is 16.4 Å². The number of hydrogen-bond donors (Lipinski definition) is 0. The van der Waals surface area contributed by atoms with E-state index in [1.54, 1.807) is 30.5 Å². The first kappa shape index (κ1) is 18.3. The Labute approximate surface area is 138 Å². The minimum absolute atomic E-state index is 0.147. The monoisotopic (exact) mass is 343 g/mol. The van der Waals surface area contributed by atoms with Gasteiger partial charge in [-0.15, -0.1) is 0 Å². The molecule has 23 heavy (non-hydrogen) atoms. The van der Waals surface area contributed by atoms with Crippen LogP contribution in [0.25, 0.3) is 0 Å². The first-order valence-corrected chi connectivity index (χ1v) is 9.29. The lowest BCUT2D eigenvalue weighted by Crippen LogP contribution is -2.59. The molecule has 0 aliphatic carbocycles. The summed E-state index contributed by atoms with van der Waals surface area (Å²) in [6, 6.07) is 6.85. The molecule has 0 radical (unpaired) electrons. The summed E-state index contributed by atoms with van der Waals surface area (Å²) in [5.41, 5.74) is 1.09. The number of halogens is 1. The molecule has 1 fully saturated rings. The second-order valence-corrected chi connectivity index (χ2v) is 8.56. The van der Waals surface area contributed by atoms with E-state index in [4.69, 9.17) is 0 Å². The fraction of sp³-hybridized carbons (Fsp3) is 0.625. The van der Waals surface area contributed by atoms with Crippen molar-refractivity contribution in [3.63, 3.8) is 0 Å². The topological polar surface area (TPSA) is 43.9 Å². The Morgan fingerprint density at radius 2 is 1.65 bits per heavy atom. The lowest BCUT2D eigenvalue weighted by atomic mass is 10.1. The number of nitrogens with zero attached hydrogens (tertiary/aromatic N) is 3. The lowest BCUT2D eigenvalue weighted by molar-refractivity contribution is 0.0761. The Morgan fingerprint density at radius 3 is 2.13 bits per heavy atom. The van der Waals surface area contributed by atoms with Gasteiger partial charge in [-0.1, -0.05) is 12.1 Å². The standard InChI is InChI=1S/C16H26FN3O2S/c1-13-11-19(23(21,22)18(3)4)12-14(2)20(13)10-9-15-5-7-16(17)8-6-15/h5-8,13-14H,9-12H2,1-4H3. The van der Waals surface area contributed by atoms with E-state index in [2.05, 4.69) is 18.7 Å². The normalized spacial score (nSPS) is 24.3. The number of piperazine rings is 1. The van der Waals surface area contributed by atoms with Crippen LogP contribution in [0.15, 0.2) is 24.3 Å². The number of rotatable bonds is 5. The average molecular weight is 343 g/mol. The van der Waals surface area contributed by atoms with Gasteiger partial charge in [0.2, 0.25) is 0 Å². The zero-order valence-corrected chi connectivity index (χ0v) is 15.1.